The molecule has 1 aromatic heterocycles. The number of thiazole rings is 1. The molecule has 3 N–H and O–H groups in total. The molecule has 2 amide bonds. The van der Waals surface area contributed by atoms with Gasteiger partial charge in [-0.15, -0.1) is 11.3 Å². The van der Waals surface area contributed by atoms with E-state index in [4.69, 9.17) is 9.88 Å². The number of aryl methyl sites for hydroxylation is 1. The number of hydrogen-bond acceptors (Lipinski definition) is 7. The van der Waals surface area contributed by atoms with E-state index in [0.717, 1.165) is 16.3 Å². The van der Waals surface area contributed by atoms with E-state index in [1.54, 1.807) is 12.1 Å². The topological polar surface area (TPSA) is 132 Å². The zero-order valence-electron chi connectivity index (χ0n) is 17.9. The molecule has 11 heteroatoms. The molecule has 1 atom stereocenters. The van der Waals surface area contributed by atoms with E-state index < -0.39 is 22.0 Å². The van der Waals surface area contributed by atoms with Gasteiger partial charge in [-0.25, -0.2) is 18.5 Å². The molecule has 0 aliphatic carbocycles. The fraction of sp³-hybridized carbons (Fsp3) is 0.227. The van der Waals surface area contributed by atoms with Gasteiger partial charge in [0.05, 0.1) is 21.3 Å². The lowest BCUT2D eigenvalue weighted by Crippen LogP contribution is -2.48. The van der Waals surface area contributed by atoms with Gasteiger partial charge in [0.15, 0.2) is 6.10 Å². The van der Waals surface area contributed by atoms with Crippen LogP contribution >= 0.6 is 11.3 Å². The summed E-state index contributed by atoms with van der Waals surface area (Å²) in [5, 5.41) is 10.6. The van der Waals surface area contributed by atoms with Gasteiger partial charge in [-0.1, -0.05) is 6.92 Å². The molecule has 0 bridgehead atoms. The number of nitrogens with zero attached hydrogens (tertiary/aromatic N) is 2. The number of rotatable bonds is 6. The van der Waals surface area contributed by atoms with Crippen LogP contribution in [0.25, 0.3) is 11.3 Å². The normalized spacial score (nSPS) is 15.7. The first-order chi connectivity index (χ1) is 15.7. The predicted octanol–water partition coefficient (Wildman–Crippen LogP) is 2.91. The third-order valence-electron chi connectivity index (χ3n) is 5.11. The van der Waals surface area contributed by atoms with E-state index in [1.807, 2.05) is 25.3 Å². The van der Waals surface area contributed by atoms with Gasteiger partial charge in [0.2, 0.25) is 15.9 Å². The molecule has 1 aliphatic rings. The molecule has 2 aromatic carbocycles. The predicted molar refractivity (Wildman–Crippen MR) is 126 cm³/mol. The van der Waals surface area contributed by atoms with Gasteiger partial charge in [0.25, 0.3) is 5.91 Å². The maximum Gasteiger partial charge on any atom is 0.268 e. The maximum absolute atomic E-state index is 13.0. The highest BCUT2D eigenvalue weighted by Gasteiger charge is 2.34. The largest absolute Gasteiger partial charge is 0.478 e. The minimum absolute atomic E-state index is 0.0617. The van der Waals surface area contributed by atoms with Gasteiger partial charge in [0, 0.05) is 16.6 Å². The van der Waals surface area contributed by atoms with Crippen LogP contribution in [0.3, 0.4) is 0 Å². The van der Waals surface area contributed by atoms with E-state index in [2.05, 4.69) is 10.3 Å². The molecule has 1 aliphatic heterocycles. The number of primary sulfonamides is 1. The summed E-state index contributed by atoms with van der Waals surface area (Å²) >= 11 is 1.52. The van der Waals surface area contributed by atoms with Gasteiger partial charge in [-0.3, -0.25) is 14.5 Å². The lowest BCUT2D eigenvalue weighted by Gasteiger charge is -2.34. The number of aromatic nitrogens is 1. The van der Waals surface area contributed by atoms with E-state index in [-0.39, 0.29) is 17.3 Å². The third-order valence-corrected chi connectivity index (χ3v) is 6.82. The Bertz CT molecular complexity index is 1320. The lowest BCUT2D eigenvalue weighted by molar-refractivity contribution is -0.128. The van der Waals surface area contributed by atoms with Crippen molar-refractivity contribution in [3.8, 4) is 17.0 Å². The van der Waals surface area contributed by atoms with Gasteiger partial charge in [-0.2, -0.15) is 0 Å². The molecule has 9 nitrogen and oxygen atoms in total. The molecule has 172 valence electrons. The van der Waals surface area contributed by atoms with Crippen molar-refractivity contribution in [2.75, 3.05) is 16.8 Å². The number of carbonyl (C=O) groups is 2. The molecule has 0 saturated carbocycles. The van der Waals surface area contributed by atoms with Crippen LogP contribution in [0, 0.1) is 6.92 Å². The first-order valence-corrected chi connectivity index (χ1v) is 12.6. The van der Waals surface area contributed by atoms with Crippen LogP contribution in [0.5, 0.6) is 5.75 Å². The van der Waals surface area contributed by atoms with Crippen molar-refractivity contribution < 1.29 is 22.7 Å². The molecule has 1 unspecified atom stereocenters. The van der Waals surface area contributed by atoms with E-state index in [9.17, 15) is 18.0 Å². The number of sulfonamides is 1. The summed E-state index contributed by atoms with van der Waals surface area (Å²) in [5.41, 5.74) is 2.47. The van der Waals surface area contributed by atoms with Crippen molar-refractivity contribution in [2.45, 2.75) is 31.3 Å². The molecule has 2 heterocycles. The van der Waals surface area contributed by atoms with Crippen molar-refractivity contribution in [3.05, 3.63) is 52.9 Å². The van der Waals surface area contributed by atoms with Crippen molar-refractivity contribution >= 4 is 44.5 Å². The Kier molecular flexibility index (Phi) is 6.19. The van der Waals surface area contributed by atoms with Crippen molar-refractivity contribution in [2.24, 2.45) is 5.14 Å². The molecular formula is C22H22N4O5S2. The Balaban J connectivity index is 1.59. The van der Waals surface area contributed by atoms with Crippen molar-refractivity contribution in [1.82, 2.24) is 4.98 Å². The number of ether oxygens (including phenoxy) is 1. The fourth-order valence-electron chi connectivity index (χ4n) is 3.47. The monoisotopic (exact) mass is 486 g/mol. The number of nitrogens with one attached hydrogen (secondary N) is 1. The summed E-state index contributed by atoms with van der Waals surface area (Å²) in [7, 11) is -3.83. The van der Waals surface area contributed by atoms with Crippen molar-refractivity contribution in [1.29, 1.82) is 0 Å². The maximum atomic E-state index is 13.0. The van der Waals surface area contributed by atoms with Crippen molar-refractivity contribution in [3.63, 3.8) is 0 Å². The third kappa shape index (κ3) is 4.90. The second-order valence-corrected chi connectivity index (χ2v) is 10.1. The average molecular weight is 487 g/mol. The van der Waals surface area contributed by atoms with Gasteiger partial charge < -0.3 is 10.1 Å². The smallest absolute Gasteiger partial charge is 0.268 e. The Morgan fingerprint density at radius 1 is 1.24 bits per heavy atom. The number of fused-ring (bicyclic) bond motifs is 1. The summed E-state index contributed by atoms with van der Waals surface area (Å²) in [6, 6.07) is 10.9. The van der Waals surface area contributed by atoms with Crippen LogP contribution in [0.15, 0.2) is 52.7 Å². The van der Waals surface area contributed by atoms with Crippen LogP contribution in [0.1, 0.15) is 18.4 Å². The summed E-state index contributed by atoms with van der Waals surface area (Å²) in [6.07, 6.45) is -0.231. The minimum atomic E-state index is -3.83. The highest BCUT2D eigenvalue weighted by molar-refractivity contribution is 7.89. The van der Waals surface area contributed by atoms with Gasteiger partial charge in [0.1, 0.15) is 12.3 Å². The summed E-state index contributed by atoms with van der Waals surface area (Å²) < 4.78 is 28.7. The number of nitrogens with two attached hydrogens (primary N) is 1. The Morgan fingerprint density at radius 2 is 1.97 bits per heavy atom. The van der Waals surface area contributed by atoms with Crippen LogP contribution in [0.2, 0.25) is 0 Å². The molecule has 0 saturated heterocycles. The number of amides is 2. The van der Waals surface area contributed by atoms with Crippen LogP contribution in [0.4, 0.5) is 11.4 Å². The molecule has 0 fully saturated rings. The molecule has 33 heavy (non-hydrogen) atoms. The standard InChI is InChI=1S/C22H22N4O5S2/c1-3-19-22(28)26(11-21(27)25-15-5-7-16(8-6-15)33(23,29)30)18-10-14(4-9-20(18)31-19)17-12-32-13(2)24-17/h4-10,12,19H,3,11H2,1-2H3,(H,25,27)(H2,23,29,30). The zero-order chi connectivity index (χ0) is 23.8. The van der Waals surface area contributed by atoms with Gasteiger partial charge in [-0.05, 0) is 55.8 Å². The summed E-state index contributed by atoms with van der Waals surface area (Å²) in [5.74, 6) is -0.233. The minimum Gasteiger partial charge on any atom is -0.478 e. The van der Waals surface area contributed by atoms with E-state index in [0.29, 0.717) is 23.5 Å². The SMILES string of the molecule is CCC1Oc2ccc(-c3csc(C)n3)cc2N(CC(=O)Nc2ccc(S(N)(=O)=O)cc2)C1=O. The second kappa shape index (κ2) is 8.93. The number of hydrogen-bond donors (Lipinski definition) is 2. The Labute approximate surface area is 195 Å². The molecular weight excluding hydrogens is 464 g/mol. The summed E-state index contributed by atoms with van der Waals surface area (Å²) in [4.78, 5) is 31.6. The van der Waals surface area contributed by atoms with Crippen LogP contribution < -0.4 is 20.1 Å². The number of anilines is 2. The fourth-order valence-corrected chi connectivity index (χ4v) is 4.61. The summed E-state index contributed by atoms with van der Waals surface area (Å²) in [6.45, 7) is 3.52. The quantitative estimate of drug-likeness (QED) is 0.551. The first kappa shape index (κ1) is 22.9. The highest BCUT2D eigenvalue weighted by atomic mass is 32.2. The van der Waals surface area contributed by atoms with Crippen LogP contribution in [-0.2, 0) is 19.6 Å². The van der Waals surface area contributed by atoms with E-state index >= 15 is 0 Å². The number of benzene rings is 2. The van der Waals surface area contributed by atoms with Gasteiger partial charge >= 0.3 is 0 Å². The molecule has 4 rings (SSSR count). The molecule has 0 radical (unpaired) electrons. The number of carbonyl (C=O) groups excluding carboxylic acids is 2. The highest BCUT2D eigenvalue weighted by Crippen LogP contribution is 2.38. The zero-order valence-corrected chi connectivity index (χ0v) is 19.6. The second-order valence-electron chi connectivity index (χ2n) is 7.49. The van der Waals surface area contributed by atoms with Crippen LogP contribution in [-0.4, -0.2) is 37.9 Å². The average Bonchev–Trinajstić information content (AvgIpc) is 3.21. The molecule has 3 aromatic rings. The Morgan fingerprint density at radius 3 is 2.58 bits per heavy atom. The Hall–Kier alpha value is -3.28. The first-order valence-electron chi connectivity index (χ1n) is 10.1. The lowest BCUT2D eigenvalue weighted by atomic mass is 10.1. The van der Waals surface area contributed by atoms with E-state index in [1.165, 1.54) is 40.5 Å². The molecule has 0 spiro atoms.